The summed E-state index contributed by atoms with van der Waals surface area (Å²) in [5, 5.41) is 8.00. The minimum Gasteiger partial charge on any atom is -0.493 e. The van der Waals surface area contributed by atoms with Crippen molar-refractivity contribution in [2.75, 3.05) is 27.8 Å². The van der Waals surface area contributed by atoms with E-state index in [1.807, 2.05) is 18.2 Å². The van der Waals surface area contributed by atoms with Gasteiger partial charge in [-0.25, -0.2) is 0 Å². The number of guanidine groups is 1. The molecule has 0 atom stereocenters. The Bertz CT molecular complexity index is 962. The predicted molar refractivity (Wildman–Crippen MR) is 114 cm³/mol. The van der Waals surface area contributed by atoms with Gasteiger partial charge in [0.1, 0.15) is 0 Å². The van der Waals surface area contributed by atoms with Crippen LogP contribution in [0.15, 0.2) is 47.6 Å². The van der Waals surface area contributed by atoms with Crippen LogP contribution in [0.4, 0.5) is 0 Å². The number of hydrogen-bond acceptors (Lipinski definition) is 3. The molecule has 0 unspecified atom stereocenters. The van der Waals surface area contributed by atoms with E-state index in [1.165, 1.54) is 22.0 Å². The van der Waals surface area contributed by atoms with E-state index in [2.05, 4.69) is 51.9 Å². The first kappa shape index (κ1) is 19.6. The van der Waals surface area contributed by atoms with Gasteiger partial charge in [-0.3, -0.25) is 4.99 Å². The summed E-state index contributed by atoms with van der Waals surface area (Å²) in [6.45, 7) is 3.57. The number of hydrogen-bond donors (Lipinski definition) is 3. The first-order valence-electron chi connectivity index (χ1n) is 9.37. The van der Waals surface area contributed by atoms with Crippen molar-refractivity contribution in [2.24, 2.45) is 4.99 Å². The minimum atomic E-state index is 0.645. The average Bonchev–Trinajstić information content (AvgIpc) is 3.14. The fraction of sp³-hybridized carbons (Fsp3) is 0.318. The molecule has 6 nitrogen and oxygen atoms in total. The van der Waals surface area contributed by atoms with Crippen LogP contribution in [-0.4, -0.2) is 38.8 Å². The molecule has 2 aromatic carbocycles. The number of methoxy groups -OCH3 is 2. The van der Waals surface area contributed by atoms with Gasteiger partial charge in [0.25, 0.3) is 0 Å². The lowest BCUT2D eigenvalue weighted by molar-refractivity contribution is 0.354. The zero-order valence-corrected chi connectivity index (χ0v) is 16.9. The highest BCUT2D eigenvalue weighted by atomic mass is 16.5. The first-order chi connectivity index (χ1) is 13.7. The monoisotopic (exact) mass is 380 g/mol. The summed E-state index contributed by atoms with van der Waals surface area (Å²) >= 11 is 0. The molecule has 0 spiro atoms. The molecule has 3 rings (SSSR count). The number of nitrogens with one attached hydrogen (secondary N) is 3. The molecular formula is C22H28N4O2. The van der Waals surface area contributed by atoms with Gasteiger partial charge in [0.05, 0.1) is 14.2 Å². The number of aliphatic imine (C=N–C) groups is 1. The van der Waals surface area contributed by atoms with E-state index in [9.17, 15) is 0 Å². The fourth-order valence-corrected chi connectivity index (χ4v) is 3.28. The third kappa shape index (κ3) is 4.39. The van der Waals surface area contributed by atoms with E-state index in [4.69, 9.17) is 9.47 Å². The molecule has 1 aromatic heterocycles. The molecule has 0 aliphatic heterocycles. The maximum absolute atomic E-state index is 5.36. The number of nitrogens with zero attached hydrogens (tertiary/aromatic N) is 1. The molecule has 6 heteroatoms. The smallest absolute Gasteiger partial charge is 0.191 e. The van der Waals surface area contributed by atoms with Gasteiger partial charge in [-0.2, -0.15) is 0 Å². The Morgan fingerprint density at radius 1 is 1.07 bits per heavy atom. The number of aromatic amines is 1. The van der Waals surface area contributed by atoms with Crippen LogP contribution in [0.5, 0.6) is 11.5 Å². The van der Waals surface area contributed by atoms with E-state index in [1.54, 1.807) is 21.3 Å². The molecule has 0 saturated heterocycles. The second kappa shape index (κ2) is 9.17. The standard InChI is InChI=1S/C22H28N4O2/c1-15-6-5-7-18-17(14-25-21(15)18)10-11-24-22(23-2)26-13-16-8-9-19(27-3)20(12-16)28-4/h5-9,12,14,25H,10-11,13H2,1-4H3,(H2,23,24,26). The molecule has 1 heterocycles. The van der Waals surface area contributed by atoms with Crippen molar-refractivity contribution >= 4 is 16.9 Å². The minimum absolute atomic E-state index is 0.645. The number of H-pyrrole nitrogens is 1. The third-order valence-electron chi connectivity index (χ3n) is 4.83. The largest absolute Gasteiger partial charge is 0.493 e. The highest BCUT2D eigenvalue weighted by molar-refractivity contribution is 5.86. The van der Waals surface area contributed by atoms with Crippen LogP contribution in [0.1, 0.15) is 16.7 Å². The van der Waals surface area contributed by atoms with Gasteiger partial charge in [0.15, 0.2) is 17.5 Å². The van der Waals surface area contributed by atoms with Crippen molar-refractivity contribution in [3.8, 4) is 11.5 Å². The predicted octanol–water partition coefficient (Wildman–Crippen LogP) is 3.40. The molecule has 0 amide bonds. The number of fused-ring (bicyclic) bond motifs is 1. The molecule has 0 bridgehead atoms. The van der Waals surface area contributed by atoms with Crippen molar-refractivity contribution < 1.29 is 9.47 Å². The second-order valence-corrected chi connectivity index (χ2v) is 6.60. The van der Waals surface area contributed by atoms with Gasteiger partial charge >= 0.3 is 0 Å². The lowest BCUT2D eigenvalue weighted by Crippen LogP contribution is -2.37. The van der Waals surface area contributed by atoms with Crippen LogP contribution in [0.25, 0.3) is 10.9 Å². The first-order valence-corrected chi connectivity index (χ1v) is 9.37. The maximum atomic E-state index is 5.36. The van der Waals surface area contributed by atoms with E-state index < -0.39 is 0 Å². The van der Waals surface area contributed by atoms with Gasteiger partial charge in [0, 0.05) is 37.2 Å². The summed E-state index contributed by atoms with van der Waals surface area (Å²) in [7, 11) is 5.05. The van der Waals surface area contributed by atoms with Crippen molar-refractivity contribution in [3.05, 3.63) is 59.3 Å². The van der Waals surface area contributed by atoms with Crippen LogP contribution < -0.4 is 20.1 Å². The molecule has 148 valence electrons. The van der Waals surface area contributed by atoms with Crippen LogP contribution in [0.2, 0.25) is 0 Å². The van der Waals surface area contributed by atoms with Crippen LogP contribution in [0, 0.1) is 6.92 Å². The molecule has 0 fully saturated rings. The zero-order chi connectivity index (χ0) is 19.9. The molecular weight excluding hydrogens is 352 g/mol. The van der Waals surface area contributed by atoms with Crippen LogP contribution in [0.3, 0.4) is 0 Å². The lowest BCUT2D eigenvalue weighted by atomic mass is 10.1. The fourth-order valence-electron chi connectivity index (χ4n) is 3.28. The average molecular weight is 380 g/mol. The Morgan fingerprint density at radius 3 is 2.64 bits per heavy atom. The highest BCUT2D eigenvalue weighted by Crippen LogP contribution is 2.27. The quantitative estimate of drug-likeness (QED) is 0.434. The number of para-hydroxylation sites is 1. The van der Waals surface area contributed by atoms with Gasteiger partial charge in [-0.1, -0.05) is 24.3 Å². The van der Waals surface area contributed by atoms with E-state index in [0.29, 0.717) is 6.54 Å². The third-order valence-corrected chi connectivity index (χ3v) is 4.83. The summed E-state index contributed by atoms with van der Waals surface area (Å²) in [6.07, 6.45) is 3.01. The molecule has 3 N–H and O–H groups in total. The number of aromatic nitrogens is 1. The van der Waals surface area contributed by atoms with Crippen molar-refractivity contribution in [2.45, 2.75) is 19.9 Å². The van der Waals surface area contributed by atoms with Crippen molar-refractivity contribution in [3.63, 3.8) is 0 Å². The Kier molecular flexibility index (Phi) is 6.42. The van der Waals surface area contributed by atoms with Crippen LogP contribution >= 0.6 is 0 Å². The Hall–Kier alpha value is -3.15. The lowest BCUT2D eigenvalue weighted by Gasteiger charge is -2.13. The van der Waals surface area contributed by atoms with E-state index in [-0.39, 0.29) is 0 Å². The summed E-state index contributed by atoms with van der Waals surface area (Å²) < 4.78 is 10.6. The zero-order valence-electron chi connectivity index (χ0n) is 16.9. The molecule has 0 aliphatic carbocycles. The highest BCUT2D eigenvalue weighted by Gasteiger charge is 2.07. The normalized spacial score (nSPS) is 11.5. The molecule has 28 heavy (non-hydrogen) atoms. The van der Waals surface area contributed by atoms with Gasteiger partial charge < -0.3 is 25.1 Å². The maximum Gasteiger partial charge on any atom is 0.191 e. The Morgan fingerprint density at radius 2 is 1.89 bits per heavy atom. The second-order valence-electron chi connectivity index (χ2n) is 6.60. The SMILES string of the molecule is CN=C(NCCc1c[nH]c2c(C)cccc12)NCc1ccc(OC)c(OC)c1. The number of rotatable bonds is 7. The van der Waals surface area contributed by atoms with E-state index in [0.717, 1.165) is 36.0 Å². The molecule has 0 saturated carbocycles. The number of ether oxygens (including phenoxy) is 2. The molecule has 0 radical (unpaired) electrons. The van der Waals surface area contributed by atoms with Gasteiger partial charge in [-0.15, -0.1) is 0 Å². The summed E-state index contributed by atoms with van der Waals surface area (Å²) in [6, 6.07) is 12.3. The van der Waals surface area contributed by atoms with Crippen LogP contribution in [-0.2, 0) is 13.0 Å². The summed E-state index contributed by atoms with van der Waals surface area (Å²) in [5.74, 6) is 2.22. The summed E-state index contributed by atoms with van der Waals surface area (Å²) in [4.78, 5) is 7.68. The number of benzene rings is 2. The van der Waals surface area contributed by atoms with Gasteiger partial charge in [0.2, 0.25) is 0 Å². The Balaban J connectivity index is 1.54. The molecule has 3 aromatic rings. The topological polar surface area (TPSA) is 70.7 Å². The van der Waals surface area contributed by atoms with Gasteiger partial charge in [-0.05, 0) is 42.2 Å². The number of aryl methyl sites for hydroxylation is 1. The van der Waals surface area contributed by atoms with E-state index >= 15 is 0 Å². The van der Waals surface area contributed by atoms with Crippen molar-refractivity contribution in [1.29, 1.82) is 0 Å². The van der Waals surface area contributed by atoms with Crippen molar-refractivity contribution in [1.82, 2.24) is 15.6 Å². The Labute approximate surface area is 166 Å². The summed E-state index contributed by atoms with van der Waals surface area (Å²) in [5.41, 5.74) is 4.88. The molecule has 0 aliphatic rings.